The molecule has 0 aliphatic rings. The highest BCUT2D eigenvalue weighted by Gasteiger charge is 2.10. The van der Waals surface area contributed by atoms with E-state index >= 15 is 0 Å². The number of ether oxygens (including phenoxy) is 1. The topological polar surface area (TPSA) is 98.5 Å². The van der Waals surface area contributed by atoms with Crippen molar-refractivity contribution in [2.75, 3.05) is 17.7 Å². The Morgan fingerprint density at radius 3 is 2.43 bits per heavy atom. The molecule has 28 heavy (non-hydrogen) atoms. The molecule has 0 atom stereocenters. The fourth-order valence-corrected chi connectivity index (χ4v) is 3.15. The number of nitrogens with zero attached hydrogens (tertiary/aromatic N) is 1. The van der Waals surface area contributed by atoms with Crippen molar-refractivity contribution in [1.29, 1.82) is 0 Å². The van der Waals surface area contributed by atoms with Crippen molar-refractivity contribution in [3.63, 3.8) is 0 Å². The maximum absolute atomic E-state index is 12.0. The quantitative estimate of drug-likeness (QED) is 0.280. The number of carbonyl (C=O) groups is 2. The first-order valence-electron chi connectivity index (χ1n) is 8.33. The summed E-state index contributed by atoms with van der Waals surface area (Å²) >= 11 is 1.18. The number of rotatable bonds is 7. The van der Waals surface area contributed by atoms with Crippen LogP contribution in [0, 0.1) is 10.1 Å². The van der Waals surface area contributed by atoms with E-state index in [1.807, 2.05) is 36.4 Å². The molecule has 0 spiro atoms. The molecule has 142 valence electrons. The van der Waals surface area contributed by atoms with Gasteiger partial charge < -0.3 is 10.1 Å². The molecule has 0 aromatic heterocycles. The van der Waals surface area contributed by atoms with Crippen LogP contribution in [0.3, 0.4) is 0 Å². The SMILES string of the molecule is O=C(COC(=O)CSc1ccc([N+](=O)[O-])cc1)Nc1ccc2ccccc2c1. The Bertz CT molecular complexity index is 1020. The maximum atomic E-state index is 12.0. The average Bonchev–Trinajstić information content (AvgIpc) is 2.71. The second-order valence-electron chi connectivity index (χ2n) is 5.81. The Kier molecular flexibility index (Phi) is 6.23. The van der Waals surface area contributed by atoms with E-state index in [0.29, 0.717) is 10.6 Å². The molecule has 3 rings (SSSR count). The Labute approximate surface area is 164 Å². The van der Waals surface area contributed by atoms with Gasteiger partial charge >= 0.3 is 5.97 Å². The van der Waals surface area contributed by atoms with Crippen LogP contribution in [-0.2, 0) is 14.3 Å². The number of benzene rings is 3. The lowest BCUT2D eigenvalue weighted by molar-refractivity contribution is -0.384. The van der Waals surface area contributed by atoms with Gasteiger partial charge in [-0.25, -0.2) is 0 Å². The average molecular weight is 396 g/mol. The smallest absolute Gasteiger partial charge is 0.316 e. The van der Waals surface area contributed by atoms with Crippen molar-refractivity contribution in [3.05, 3.63) is 76.8 Å². The Morgan fingerprint density at radius 2 is 1.71 bits per heavy atom. The molecule has 0 aliphatic carbocycles. The van der Waals surface area contributed by atoms with Crippen LogP contribution in [0.2, 0.25) is 0 Å². The lowest BCUT2D eigenvalue weighted by atomic mass is 10.1. The minimum atomic E-state index is -0.544. The Balaban J connectivity index is 1.44. The molecule has 0 saturated heterocycles. The molecular weight excluding hydrogens is 380 g/mol. The number of nitro groups is 1. The molecular formula is C20H16N2O5S. The first kappa shape index (κ1) is 19.4. The van der Waals surface area contributed by atoms with E-state index in [2.05, 4.69) is 5.32 Å². The van der Waals surface area contributed by atoms with Gasteiger partial charge in [0.25, 0.3) is 11.6 Å². The number of hydrogen-bond donors (Lipinski definition) is 1. The number of thioether (sulfide) groups is 1. The number of non-ortho nitro benzene ring substituents is 1. The van der Waals surface area contributed by atoms with Crippen LogP contribution in [0.4, 0.5) is 11.4 Å². The first-order valence-corrected chi connectivity index (χ1v) is 9.31. The molecule has 0 aliphatic heterocycles. The van der Waals surface area contributed by atoms with Crippen LogP contribution in [0.15, 0.2) is 71.6 Å². The number of fused-ring (bicyclic) bond motifs is 1. The highest BCUT2D eigenvalue weighted by molar-refractivity contribution is 8.00. The molecule has 0 unspecified atom stereocenters. The number of esters is 1. The zero-order valence-corrected chi connectivity index (χ0v) is 15.5. The Morgan fingerprint density at radius 1 is 1.00 bits per heavy atom. The lowest BCUT2D eigenvalue weighted by Crippen LogP contribution is -2.21. The number of nitro benzene ring substituents is 1. The minimum Gasteiger partial charge on any atom is -0.455 e. The summed E-state index contributed by atoms with van der Waals surface area (Å²) in [6.45, 7) is -0.382. The number of nitrogens with one attached hydrogen (secondary N) is 1. The van der Waals surface area contributed by atoms with Gasteiger partial charge in [-0.3, -0.25) is 19.7 Å². The van der Waals surface area contributed by atoms with Gasteiger partial charge in [-0.05, 0) is 35.0 Å². The van der Waals surface area contributed by atoms with Crippen molar-refractivity contribution in [3.8, 4) is 0 Å². The summed E-state index contributed by atoms with van der Waals surface area (Å²) in [6.07, 6.45) is 0. The number of anilines is 1. The fourth-order valence-electron chi connectivity index (χ4n) is 2.46. The molecule has 1 amide bonds. The van der Waals surface area contributed by atoms with Gasteiger partial charge in [0.2, 0.25) is 0 Å². The highest BCUT2D eigenvalue weighted by Crippen LogP contribution is 2.21. The molecule has 7 nitrogen and oxygen atoms in total. The summed E-state index contributed by atoms with van der Waals surface area (Å²) in [5.41, 5.74) is 0.609. The van der Waals surface area contributed by atoms with E-state index in [0.717, 1.165) is 10.8 Å². The molecule has 8 heteroatoms. The second kappa shape index (κ2) is 9.01. The molecule has 3 aromatic rings. The number of amides is 1. The number of hydrogen-bond acceptors (Lipinski definition) is 6. The van der Waals surface area contributed by atoms with Gasteiger partial charge in [0.1, 0.15) is 0 Å². The molecule has 0 bridgehead atoms. The first-order chi connectivity index (χ1) is 13.5. The van der Waals surface area contributed by atoms with Crippen LogP contribution in [-0.4, -0.2) is 29.2 Å². The highest BCUT2D eigenvalue weighted by atomic mass is 32.2. The summed E-state index contributed by atoms with van der Waals surface area (Å²) in [5.74, 6) is -0.970. The van der Waals surface area contributed by atoms with Gasteiger partial charge in [0.05, 0.1) is 10.7 Å². The third kappa shape index (κ3) is 5.31. The van der Waals surface area contributed by atoms with E-state index in [4.69, 9.17) is 4.74 Å². The predicted octanol–water partition coefficient (Wildman–Crippen LogP) is 4.02. The molecule has 1 N–H and O–H groups in total. The summed E-state index contributed by atoms with van der Waals surface area (Å²) in [4.78, 5) is 34.6. The summed E-state index contributed by atoms with van der Waals surface area (Å²) < 4.78 is 4.97. The van der Waals surface area contributed by atoms with Crippen molar-refractivity contribution in [2.45, 2.75) is 4.90 Å². The van der Waals surface area contributed by atoms with Gasteiger partial charge in [0, 0.05) is 22.7 Å². The molecule has 0 fully saturated rings. The lowest BCUT2D eigenvalue weighted by Gasteiger charge is -2.08. The van der Waals surface area contributed by atoms with E-state index in [1.54, 1.807) is 18.2 Å². The van der Waals surface area contributed by atoms with Gasteiger partial charge in [0.15, 0.2) is 6.61 Å². The summed E-state index contributed by atoms with van der Waals surface area (Å²) in [5, 5.41) is 15.4. The van der Waals surface area contributed by atoms with Crippen LogP contribution in [0.1, 0.15) is 0 Å². The van der Waals surface area contributed by atoms with Crippen LogP contribution < -0.4 is 5.32 Å². The van der Waals surface area contributed by atoms with Crippen LogP contribution in [0.25, 0.3) is 10.8 Å². The van der Waals surface area contributed by atoms with Crippen molar-refractivity contribution >= 4 is 45.8 Å². The van der Waals surface area contributed by atoms with Gasteiger partial charge in [-0.2, -0.15) is 0 Å². The molecule has 0 saturated carbocycles. The Hall–Kier alpha value is -3.39. The monoisotopic (exact) mass is 396 g/mol. The van der Waals surface area contributed by atoms with Crippen molar-refractivity contribution < 1.29 is 19.2 Å². The minimum absolute atomic E-state index is 0.00106. The van der Waals surface area contributed by atoms with E-state index < -0.39 is 16.8 Å². The van der Waals surface area contributed by atoms with Gasteiger partial charge in [-0.15, -0.1) is 11.8 Å². The predicted molar refractivity (Wildman–Crippen MR) is 107 cm³/mol. The largest absolute Gasteiger partial charge is 0.455 e. The zero-order valence-electron chi connectivity index (χ0n) is 14.7. The van der Waals surface area contributed by atoms with E-state index in [9.17, 15) is 19.7 Å². The normalized spacial score (nSPS) is 10.4. The number of carbonyl (C=O) groups excluding carboxylic acids is 2. The maximum Gasteiger partial charge on any atom is 0.316 e. The van der Waals surface area contributed by atoms with Crippen molar-refractivity contribution in [1.82, 2.24) is 0 Å². The zero-order chi connectivity index (χ0) is 19.9. The third-order valence-corrected chi connectivity index (χ3v) is 4.79. The fraction of sp³-hybridized carbons (Fsp3) is 0.100. The van der Waals surface area contributed by atoms with Crippen LogP contribution >= 0.6 is 11.8 Å². The third-order valence-electron chi connectivity index (χ3n) is 3.80. The molecule has 3 aromatic carbocycles. The summed E-state index contributed by atoms with van der Waals surface area (Å²) in [7, 11) is 0. The second-order valence-corrected chi connectivity index (χ2v) is 6.86. The van der Waals surface area contributed by atoms with Gasteiger partial charge in [-0.1, -0.05) is 30.3 Å². The van der Waals surface area contributed by atoms with E-state index in [-0.39, 0.29) is 18.0 Å². The standard InChI is InChI=1S/C20H16N2O5S/c23-19(21-16-6-5-14-3-1-2-4-15(14)11-16)12-27-20(24)13-28-18-9-7-17(8-10-18)22(25)26/h1-11H,12-13H2,(H,21,23). The molecule has 0 radical (unpaired) electrons. The van der Waals surface area contributed by atoms with Crippen LogP contribution in [0.5, 0.6) is 0 Å². The molecule has 0 heterocycles. The van der Waals surface area contributed by atoms with E-state index in [1.165, 1.54) is 23.9 Å². The van der Waals surface area contributed by atoms with Crippen molar-refractivity contribution in [2.24, 2.45) is 0 Å². The summed E-state index contributed by atoms with van der Waals surface area (Å²) in [6, 6.07) is 19.2.